The van der Waals surface area contributed by atoms with E-state index >= 15 is 0 Å². The predicted molar refractivity (Wildman–Crippen MR) is 90.3 cm³/mol. The first kappa shape index (κ1) is 14.7. The minimum atomic E-state index is 0.324. The zero-order chi connectivity index (χ0) is 15.0. The highest BCUT2D eigenvalue weighted by molar-refractivity contribution is 6.33. The van der Waals surface area contributed by atoms with Gasteiger partial charge in [-0.1, -0.05) is 24.3 Å². The number of aromatic nitrogens is 1. The van der Waals surface area contributed by atoms with Crippen molar-refractivity contribution < 1.29 is 0 Å². The molecule has 21 heavy (non-hydrogen) atoms. The molecule has 1 aromatic heterocycles. The lowest BCUT2D eigenvalue weighted by atomic mass is 9.96. The first-order valence-corrected chi connectivity index (χ1v) is 7.94. The fourth-order valence-electron chi connectivity index (χ4n) is 3.84. The normalized spacial score (nSPS) is 25.8. The largest absolute Gasteiger partial charge is 0.373 e. The van der Waals surface area contributed by atoms with E-state index in [-0.39, 0.29) is 0 Å². The van der Waals surface area contributed by atoms with Gasteiger partial charge in [-0.05, 0) is 32.9 Å². The van der Waals surface area contributed by atoms with Gasteiger partial charge in [-0.25, -0.2) is 4.98 Å². The van der Waals surface area contributed by atoms with Gasteiger partial charge >= 0.3 is 0 Å². The van der Waals surface area contributed by atoms with Gasteiger partial charge in [0.25, 0.3) is 0 Å². The Morgan fingerprint density at radius 1 is 1.43 bits per heavy atom. The molecule has 5 heteroatoms. The molecule has 0 saturated carbocycles. The van der Waals surface area contributed by atoms with E-state index in [0.29, 0.717) is 10.6 Å². The number of anilines is 2. The van der Waals surface area contributed by atoms with Crippen LogP contribution in [0.5, 0.6) is 0 Å². The van der Waals surface area contributed by atoms with Gasteiger partial charge in [-0.2, -0.15) is 0 Å². The van der Waals surface area contributed by atoms with Gasteiger partial charge in [0.2, 0.25) is 0 Å². The standard InChI is InChI=1S/C16H23ClN4/c1-4-12-14(13(17)10-19-15(12)18-2)21-9-7-16(11-21)6-5-8-20(16)3/h4,10H,1,5-9,11H2,2-3H3,(H,18,19). The molecule has 114 valence electrons. The Bertz CT molecular complexity index is 559. The summed E-state index contributed by atoms with van der Waals surface area (Å²) in [6, 6.07) is 0. The summed E-state index contributed by atoms with van der Waals surface area (Å²) in [4.78, 5) is 9.28. The first-order chi connectivity index (χ1) is 10.1. The van der Waals surface area contributed by atoms with Crippen molar-refractivity contribution in [3.05, 3.63) is 23.4 Å². The van der Waals surface area contributed by atoms with E-state index in [1.807, 2.05) is 13.1 Å². The summed E-state index contributed by atoms with van der Waals surface area (Å²) in [7, 11) is 4.13. The Balaban J connectivity index is 1.96. The molecule has 0 aliphatic carbocycles. The number of likely N-dealkylation sites (tertiary alicyclic amines) is 1. The zero-order valence-electron chi connectivity index (χ0n) is 12.8. The van der Waals surface area contributed by atoms with Crippen LogP contribution < -0.4 is 10.2 Å². The van der Waals surface area contributed by atoms with Gasteiger partial charge in [0.1, 0.15) is 5.82 Å². The number of likely N-dealkylation sites (N-methyl/N-ethyl adjacent to an activating group) is 1. The summed E-state index contributed by atoms with van der Waals surface area (Å²) in [5, 5.41) is 3.84. The van der Waals surface area contributed by atoms with Crippen LogP contribution in [0.1, 0.15) is 24.8 Å². The van der Waals surface area contributed by atoms with Gasteiger partial charge in [-0.15, -0.1) is 0 Å². The third kappa shape index (κ3) is 2.30. The van der Waals surface area contributed by atoms with E-state index in [4.69, 9.17) is 11.6 Å². The first-order valence-electron chi connectivity index (χ1n) is 7.56. The van der Waals surface area contributed by atoms with E-state index < -0.39 is 0 Å². The Morgan fingerprint density at radius 3 is 2.86 bits per heavy atom. The lowest BCUT2D eigenvalue weighted by molar-refractivity contribution is 0.198. The Hall–Kier alpha value is -1.26. The van der Waals surface area contributed by atoms with E-state index in [1.165, 1.54) is 25.8 Å². The zero-order valence-corrected chi connectivity index (χ0v) is 13.6. The summed E-state index contributed by atoms with van der Waals surface area (Å²) in [5.41, 5.74) is 2.40. The molecule has 2 aliphatic heterocycles. The van der Waals surface area contributed by atoms with Crippen molar-refractivity contribution in [3.8, 4) is 0 Å². The van der Waals surface area contributed by atoms with Crippen LogP contribution in [0.15, 0.2) is 12.8 Å². The SMILES string of the molecule is C=Cc1c(NC)ncc(Cl)c1N1CCC2(CCCN2C)C1. The number of nitrogens with zero attached hydrogens (tertiary/aromatic N) is 3. The molecule has 1 spiro atoms. The summed E-state index contributed by atoms with van der Waals surface area (Å²) in [6.45, 7) is 7.22. The maximum Gasteiger partial charge on any atom is 0.135 e. The van der Waals surface area contributed by atoms with E-state index in [9.17, 15) is 0 Å². The molecule has 0 amide bonds. The molecule has 1 N–H and O–H groups in total. The number of nitrogens with one attached hydrogen (secondary N) is 1. The van der Waals surface area contributed by atoms with Crippen molar-refractivity contribution in [1.82, 2.24) is 9.88 Å². The molecular weight excluding hydrogens is 284 g/mol. The second-order valence-electron chi connectivity index (χ2n) is 6.09. The van der Waals surface area contributed by atoms with E-state index in [1.54, 1.807) is 6.20 Å². The fourth-order valence-corrected chi connectivity index (χ4v) is 4.11. The van der Waals surface area contributed by atoms with Crippen LogP contribution in [0.25, 0.3) is 6.08 Å². The van der Waals surface area contributed by atoms with Crippen molar-refractivity contribution >= 4 is 29.2 Å². The lowest BCUT2D eigenvalue weighted by Gasteiger charge is -2.33. The van der Waals surface area contributed by atoms with Crippen LogP contribution in [0.4, 0.5) is 11.5 Å². The van der Waals surface area contributed by atoms with Crippen molar-refractivity contribution in [2.75, 3.05) is 43.9 Å². The molecule has 0 aromatic carbocycles. The molecular formula is C16H23ClN4. The van der Waals surface area contributed by atoms with Crippen molar-refractivity contribution in [1.29, 1.82) is 0 Å². The second kappa shape index (κ2) is 5.50. The van der Waals surface area contributed by atoms with Crippen molar-refractivity contribution in [2.24, 2.45) is 0 Å². The number of hydrogen-bond acceptors (Lipinski definition) is 4. The highest BCUT2D eigenvalue weighted by Crippen LogP contribution is 2.42. The summed E-state index contributed by atoms with van der Waals surface area (Å²) < 4.78 is 0. The van der Waals surface area contributed by atoms with Gasteiger partial charge in [0.15, 0.2) is 0 Å². The van der Waals surface area contributed by atoms with Gasteiger partial charge in [-0.3, -0.25) is 4.90 Å². The molecule has 1 unspecified atom stereocenters. The smallest absolute Gasteiger partial charge is 0.135 e. The molecule has 2 aliphatic rings. The second-order valence-corrected chi connectivity index (χ2v) is 6.50. The molecule has 1 aromatic rings. The number of pyridine rings is 1. The molecule has 0 bridgehead atoms. The molecule has 2 saturated heterocycles. The predicted octanol–water partition coefficient (Wildman–Crippen LogP) is 3.09. The van der Waals surface area contributed by atoms with Crippen LogP contribution in [-0.2, 0) is 0 Å². The number of halogens is 1. The number of hydrogen-bond donors (Lipinski definition) is 1. The topological polar surface area (TPSA) is 31.4 Å². The highest BCUT2D eigenvalue weighted by atomic mass is 35.5. The summed E-state index contributed by atoms with van der Waals surface area (Å²) in [6.07, 6.45) is 7.37. The molecule has 0 radical (unpaired) electrons. The van der Waals surface area contributed by atoms with Gasteiger partial charge in [0, 0.05) is 31.2 Å². The third-order valence-corrected chi connectivity index (χ3v) is 5.35. The van der Waals surface area contributed by atoms with Crippen molar-refractivity contribution in [3.63, 3.8) is 0 Å². The molecule has 2 fully saturated rings. The van der Waals surface area contributed by atoms with E-state index in [0.717, 1.165) is 30.2 Å². The Kier molecular flexibility index (Phi) is 3.84. The molecule has 4 nitrogen and oxygen atoms in total. The minimum Gasteiger partial charge on any atom is -0.373 e. The number of rotatable bonds is 3. The van der Waals surface area contributed by atoms with Crippen LogP contribution in [0.2, 0.25) is 5.02 Å². The maximum atomic E-state index is 6.46. The monoisotopic (exact) mass is 306 g/mol. The molecule has 3 rings (SSSR count). The van der Waals surface area contributed by atoms with Crippen LogP contribution in [-0.4, -0.2) is 49.2 Å². The summed E-state index contributed by atoms with van der Waals surface area (Å²) in [5.74, 6) is 0.838. The van der Waals surface area contributed by atoms with Crippen LogP contribution in [0.3, 0.4) is 0 Å². The third-order valence-electron chi connectivity index (χ3n) is 5.08. The van der Waals surface area contributed by atoms with Crippen molar-refractivity contribution in [2.45, 2.75) is 24.8 Å². The Labute approximate surface area is 131 Å². The minimum absolute atomic E-state index is 0.324. The maximum absolute atomic E-state index is 6.46. The van der Waals surface area contributed by atoms with Gasteiger partial charge < -0.3 is 10.2 Å². The molecule has 3 heterocycles. The van der Waals surface area contributed by atoms with Gasteiger partial charge in [0.05, 0.1) is 16.9 Å². The quantitative estimate of drug-likeness (QED) is 0.930. The highest BCUT2D eigenvalue weighted by Gasteiger charge is 2.44. The average Bonchev–Trinajstić information content (AvgIpc) is 3.06. The van der Waals surface area contributed by atoms with Crippen LogP contribution >= 0.6 is 11.6 Å². The van der Waals surface area contributed by atoms with E-state index in [2.05, 4.69) is 33.7 Å². The molecule has 1 atom stereocenters. The Morgan fingerprint density at radius 2 is 2.24 bits per heavy atom. The van der Waals surface area contributed by atoms with Crippen LogP contribution in [0, 0.1) is 0 Å². The average molecular weight is 307 g/mol. The lowest BCUT2D eigenvalue weighted by Crippen LogP contribution is -2.43. The summed E-state index contributed by atoms with van der Waals surface area (Å²) >= 11 is 6.46. The fraction of sp³-hybridized carbons (Fsp3) is 0.562.